The third kappa shape index (κ3) is 4.93. The molecule has 0 unspecified atom stereocenters. The van der Waals surface area contributed by atoms with Gasteiger partial charge in [0.25, 0.3) is 0 Å². The highest BCUT2D eigenvalue weighted by molar-refractivity contribution is 6.65. The molecule has 3 rings (SSSR count). The van der Waals surface area contributed by atoms with Crippen LogP contribution in [0.15, 0.2) is 12.1 Å². The lowest BCUT2D eigenvalue weighted by Gasteiger charge is -2.32. The van der Waals surface area contributed by atoms with E-state index in [0.717, 1.165) is 11.3 Å². The maximum atomic E-state index is 14.4. The van der Waals surface area contributed by atoms with Gasteiger partial charge in [-0.1, -0.05) is 0 Å². The average molecular weight is 447 g/mol. The van der Waals surface area contributed by atoms with Crippen molar-refractivity contribution in [1.82, 2.24) is 14.5 Å². The van der Waals surface area contributed by atoms with E-state index >= 15 is 0 Å². The summed E-state index contributed by atoms with van der Waals surface area (Å²) in [6.45, 7) is 16.4. The molecule has 1 amide bonds. The van der Waals surface area contributed by atoms with E-state index in [4.69, 9.17) is 14.0 Å². The first kappa shape index (κ1) is 24.5. The number of nitrogens with zero attached hydrogens (tertiary/aromatic N) is 3. The summed E-state index contributed by atoms with van der Waals surface area (Å²) in [6.07, 6.45) is 0.326. The van der Waals surface area contributed by atoms with E-state index in [1.165, 1.54) is 12.1 Å². The van der Waals surface area contributed by atoms with Crippen molar-refractivity contribution < 1.29 is 23.2 Å². The normalized spacial score (nSPS) is 17.8. The molecule has 0 N–H and O–H groups in total. The minimum atomic E-state index is -0.697. The number of hydrogen-bond donors (Lipinski definition) is 0. The molecule has 0 spiro atoms. The van der Waals surface area contributed by atoms with Gasteiger partial charge in [-0.2, -0.15) is 0 Å². The van der Waals surface area contributed by atoms with Crippen molar-refractivity contribution in [3.05, 3.63) is 23.8 Å². The van der Waals surface area contributed by atoms with Crippen molar-refractivity contribution in [2.75, 3.05) is 13.6 Å². The standard InChI is InChI=1S/C23H35BFN3O4/c1-15-26-18-14-16(25)13-17(24-31-22(5,6)23(7,8)32-24)19(18)28(15)12-10-11-27(9)20(29)30-21(2,3)4/h13-14H,10-12H2,1-9H3. The summed E-state index contributed by atoms with van der Waals surface area (Å²) in [5.74, 6) is 0.389. The summed E-state index contributed by atoms with van der Waals surface area (Å²) in [6, 6.07) is 2.90. The van der Waals surface area contributed by atoms with E-state index in [0.29, 0.717) is 30.5 Å². The number of imidazole rings is 1. The number of carbonyl (C=O) groups excluding carboxylic acids is 1. The summed E-state index contributed by atoms with van der Waals surface area (Å²) >= 11 is 0. The molecule has 0 bridgehead atoms. The van der Waals surface area contributed by atoms with Crippen LogP contribution in [-0.4, -0.2) is 58.1 Å². The highest BCUT2D eigenvalue weighted by atomic mass is 19.1. The third-order valence-electron chi connectivity index (χ3n) is 6.11. The molecule has 1 aromatic heterocycles. The van der Waals surface area contributed by atoms with Crippen molar-refractivity contribution in [3.63, 3.8) is 0 Å². The second kappa shape index (κ2) is 8.34. The molecule has 32 heavy (non-hydrogen) atoms. The molecule has 1 aliphatic rings. The van der Waals surface area contributed by atoms with Crippen LogP contribution in [0.25, 0.3) is 11.0 Å². The Balaban J connectivity index is 1.84. The second-order valence-electron chi connectivity index (χ2n) is 10.5. The Morgan fingerprint density at radius 1 is 1.22 bits per heavy atom. The van der Waals surface area contributed by atoms with E-state index in [1.54, 1.807) is 11.9 Å². The van der Waals surface area contributed by atoms with Crippen LogP contribution in [0.2, 0.25) is 0 Å². The van der Waals surface area contributed by atoms with E-state index in [1.807, 2.05) is 60.0 Å². The second-order valence-corrected chi connectivity index (χ2v) is 10.5. The van der Waals surface area contributed by atoms with E-state index in [2.05, 4.69) is 4.98 Å². The van der Waals surface area contributed by atoms with Gasteiger partial charge in [0.15, 0.2) is 0 Å². The molecule has 0 radical (unpaired) electrons. The van der Waals surface area contributed by atoms with Crippen molar-refractivity contribution in [2.24, 2.45) is 0 Å². The molecule has 0 saturated carbocycles. The maximum Gasteiger partial charge on any atom is 0.497 e. The fraction of sp³-hybridized carbons (Fsp3) is 0.652. The van der Waals surface area contributed by atoms with Crippen molar-refractivity contribution >= 4 is 29.7 Å². The predicted molar refractivity (Wildman–Crippen MR) is 124 cm³/mol. The Kier molecular flexibility index (Phi) is 6.39. The number of amides is 1. The molecule has 0 atom stereocenters. The van der Waals surface area contributed by atoms with Gasteiger partial charge >= 0.3 is 13.2 Å². The van der Waals surface area contributed by atoms with Gasteiger partial charge in [-0.15, -0.1) is 0 Å². The van der Waals surface area contributed by atoms with Gasteiger partial charge in [0.05, 0.1) is 22.2 Å². The van der Waals surface area contributed by atoms with E-state index in [9.17, 15) is 9.18 Å². The molecule has 1 aromatic carbocycles. The molecular formula is C23H35BFN3O4. The van der Waals surface area contributed by atoms with Crippen LogP contribution < -0.4 is 5.46 Å². The number of fused-ring (bicyclic) bond motifs is 1. The minimum Gasteiger partial charge on any atom is -0.444 e. The smallest absolute Gasteiger partial charge is 0.444 e. The number of hydrogen-bond acceptors (Lipinski definition) is 5. The van der Waals surface area contributed by atoms with Crippen LogP contribution >= 0.6 is 0 Å². The van der Waals surface area contributed by atoms with Crippen LogP contribution in [0, 0.1) is 12.7 Å². The molecule has 2 heterocycles. The van der Waals surface area contributed by atoms with Gasteiger partial charge in [0.1, 0.15) is 17.2 Å². The highest BCUT2D eigenvalue weighted by Gasteiger charge is 2.52. The number of rotatable bonds is 5. The van der Waals surface area contributed by atoms with Gasteiger partial charge in [-0.25, -0.2) is 14.2 Å². The Labute approximate surface area is 190 Å². The summed E-state index contributed by atoms with van der Waals surface area (Å²) in [7, 11) is 1.02. The Morgan fingerprint density at radius 2 is 1.81 bits per heavy atom. The largest absolute Gasteiger partial charge is 0.497 e. The minimum absolute atomic E-state index is 0.357. The zero-order chi connectivity index (χ0) is 24.1. The van der Waals surface area contributed by atoms with Crippen molar-refractivity contribution in [2.45, 2.75) is 85.2 Å². The Morgan fingerprint density at radius 3 is 2.38 bits per heavy atom. The van der Waals surface area contributed by atoms with E-state index < -0.39 is 23.9 Å². The maximum absolute atomic E-state index is 14.4. The first-order valence-electron chi connectivity index (χ1n) is 11.1. The van der Waals surface area contributed by atoms with Crippen molar-refractivity contribution in [1.29, 1.82) is 0 Å². The topological polar surface area (TPSA) is 65.8 Å². The lowest BCUT2D eigenvalue weighted by Crippen LogP contribution is -2.41. The van der Waals surface area contributed by atoms with Crippen LogP contribution in [0.3, 0.4) is 0 Å². The number of aryl methyl sites for hydroxylation is 2. The Hall–Kier alpha value is -2.13. The quantitative estimate of drug-likeness (QED) is 0.648. The summed E-state index contributed by atoms with van der Waals surface area (Å²) in [4.78, 5) is 18.4. The van der Waals surface area contributed by atoms with Crippen molar-refractivity contribution in [3.8, 4) is 0 Å². The zero-order valence-electron chi connectivity index (χ0n) is 20.7. The van der Waals surface area contributed by atoms with Gasteiger partial charge in [0.2, 0.25) is 0 Å². The summed E-state index contributed by atoms with van der Waals surface area (Å²) in [5, 5.41) is 0. The molecule has 1 saturated heterocycles. The molecular weight excluding hydrogens is 412 g/mol. The zero-order valence-corrected chi connectivity index (χ0v) is 20.7. The number of carbonyl (C=O) groups is 1. The van der Waals surface area contributed by atoms with Crippen LogP contribution in [0.4, 0.5) is 9.18 Å². The number of benzene rings is 1. The van der Waals surface area contributed by atoms with Gasteiger partial charge < -0.3 is 23.5 Å². The summed E-state index contributed by atoms with van der Waals surface area (Å²) in [5.41, 5.74) is 0.373. The van der Waals surface area contributed by atoms with Gasteiger partial charge in [-0.3, -0.25) is 0 Å². The number of halogens is 1. The number of ether oxygens (including phenoxy) is 1. The fourth-order valence-corrected chi connectivity index (χ4v) is 3.70. The lowest BCUT2D eigenvalue weighted by atomic mass is 9.78. The van der Waals surface area contributed by atoms with Gasteiger partial charge in [-0.05, 0) is 67.9 Å². The molecule has 7 nitrogen and oxygen atoms in total. The average Bonchev–Trinajstić information content (AvgIpc) is 3.04. The van der Waals surface area contributed by atoms with Crippen LogP contribution in [-0.2, 0) is 20.6 Å². The molecule has 2 aromatic rings. The SMILES string of the molecule is Cc1nc2cc(F)cc(B3OC(C)(C)C(C)(C)O3)c2n1CCCN(C)C(=O)OC(C)(C)C. The molecule has 176 valence electrons. The lowest BCUT2D eigenvalue weighted by molar-refractivity contribution is 0.00578. The fourth-order valence-electron chi connectivity index (χ4n) is 3.70. The number of aromatic nitrogens is 2. The summed E-state index contributed by atoms with van der Waals surface area (Å²) < 4.78 is 34.3. The first-order chi connectivity index (χ1) is 14.6. The molecule has 9 heteroatoms. The van der Waals surface area contributed by atoms with E-state index in [-0.39, 0.29) is 11.9 Å². The monoisotopic (exact) mass is 447 g/mol. The highest BCUT2D eigenvalue weighted by Crippen LogP contribution is 2.37. The third-order valence-corrected chi connectivity index (χ3v) is 6.11. The molecule has 1 aliphatic heterocycles. The van der Waals surface area contributed by atoms with Gasteiger partial charge in [0, 0.05) is 31.7 Å². The van der Waals surface area contributed by atoms with Crippen LogP contribution in [0.5, 0.6) is 0 Å². The Bertz CT molecular complexity index is 997. The first-order valence-corrected chi connectivity index (χ1v) is 11.1. The molecule has 1 fully saturated rings. The molecule has 0 aliphatic carbocycles. The predicted octanol–water partition coefficient (Wildman–Crippen LogP) is 4.04. The van der Waals surface area contributed by atoms with Crippen LogP contribution in [0.1, 0.15) is 60.7 Å².